The summed E-state index contributed by atoms with van der Waals surface area (Å²) in [5.41, 5.74) is 6.50. The van der Waals surface area contributed by atoms with Gasteiger partial charge in [0.1, 0.15) is 5.75 Å². The largest absolute Gasteiger partial charge is 0.497 e. The van der Waals surface area contributed by atoms with Crippen molar-refractivity contribution in [3.05, 3.63) is 29.8 Å². The maximum absolute atomic E-state index is 8.79. The van der Waals surface area contributed by atoms with Gasteiger partial charge in [0, 0.05) is 0 Å². The van der Waals surface area contributed by atoms with Crippen molar-refractivity contribution >= 4 is 0 Å². The molecule has 0 bridgehead atoms. The summed E-state index contributed by atoms with van der Waals surface area (Å²) in [5, 5.41) is 8.79. The molecule has 0 amide bonds. The van der Waals surface area contributed by atoms with E-state index in [-0.39, 0.29) is 12.6 Å². The molecule has 0 aromatic heterocycles. The van der Waals surface area contributed by atoms with Gasteiger partial charge >= 0.3 is 0 Å². The molecule has 3 nitrogen and oxygen atoms in total. The first-order valence-corrected chi connectivity index (χ1v) is 3.78. The van der Waals surface area contributed by atoms with Crippen molar-refractivity contribution in [1.29, 1.82) is 0 Å². The number of rotatable bonds is 3. The monoisotopic (exact) mass is 167 g/mol. The Morgan fingerprint density at radius 3 is 2.92 bits per heavy atom. The number of aliphatic hydroxyl groups excluding tert-OH is 1. The molecular formula is C9H13NO2. The second-order valence-electron chi connectivity index (χ2n) is 2.57. The van der Waals surface area contributed by atoms with Crippen molar-refractivity contribution in [1.82, 2.24) is 0 Å². The van der Waals surface area contributed by atoms with Crippen LogP contribution in [0.15, 0.2) is 24.3 Å². The molecule has 0 aliphatic rings. The Bertz CT molecular complexity index is 250. The van der Waals surface area contributed by atoms with Crippen LogP contribution >= 0.6 is 0 Å². The minimum atomic E-state index is -0.319. The predicted octanol–water partition coefficient (Wildman–Crippen LogP) is 0.687. The highest BCUT2D eigenvalue weighted by atomic mass is 16.5. The maximum Gasteiger partial charge on any atom is 0.119 e. The predicted molar refractivity (Wildman–Crippen MR) is 47.0 cm³/mol. The molecule has 3 heteroatoms. The summed E-state index contributed by atoms with van der Waals surface area (Å²) < 4.78 is 5.01. The van der Waals surface area contributed by atoms with Gasteiger partial charge in [-0.05, 0) is 17.7 Å². The Labute approximate surface area is 71.8 Å². The van der Waals surface area contributed by atoms with Crippen LogP contribution in [0.2, 0.25) is 0 Å². The van der Waals surface area contributed by atoms with Gasteiger partial charge in [-0.15, -0.1) is 0 Å². The molecule has 0 saturated carbocycles. The molecule has 1 atom stereocenters. The average molecular weight is 167 g/mol. The van der Waals surface area contributed by atoms with Crippen molar-refractivity contribution < 1.29 is 9.84 Å². The number of ether oxygens (including phenoxy) is 1. The number of benzene rings is 1. The summed E-state index contributed by atoms with van der Waals surface area (Å²) >= 11 is 0. The van der Waals surface area contributed by atoms with Crippen molar-refractivity contribution in [3.63, 3.8) is 0 Å². The fourth-order valence-corrected chi connectivity index (χ4v) is 0.978. The summed E-state index contributed by atoms with van der Waals surface area (Å²) in [5.74, 6) is 0.761. The molecule has 1 aromatic rings. The van der Waals surface area contributed by atoms with E-state index in [1.165, 1.54) is 0 Å². The molecule has 0 aliphatic heterocycles. The van der Waals surface area contributed by atoms with Gasteiger partial charge in [-0.1, -0.05) is 12.1 Å². The minimum absolute atomic E-state index is 0.0484. The van der Waals surface area contributed by atoms with Crippen LogP contribution in [0, 0.1) is 0 Å². The quantitative estimate of drug-likeness (QED) is 0.696. The Kier molecular flexibility index (Phi) is 3.08. The van der Waals surface area contributed by atoms with Crippen LogP contribution in [-0.4, -0.2) is 18.8 Å². The third kappa shape index (κ3) is 1.96. The number of methoxy groups -OCH3 is 1. The Balaban J connectivity index is 2.86. The normalized spacial score (nSPS) is 12.6. The molecule has 66 valence electrons. The Morgan fingerprint density at radius 2 is 2.33 bits per heavy atom. The first-order valence-electron chi connectivity index (χ1n) is 3.78. The number of hydrogen-bond donors (Lipinski definition) is 2. The highest BCUT2D eigenvalue weighted by Crippen LogP contribution is 2.16. The van der Waals surface area contributed by atoms with Crippen LogP contribution in [0.3, 0.4) is 0 Å². The van der Waals surface area contributed by atoms with Crippen LogP contribution < -0.4 is 10.5 Å². The van der Waals surface area contributed by atoms with Crippen molar-refractivity contribution in [2.24, 2.45) is 5.73 Å². The van der Waals surface area contributed by atoms with E-state index in [1.54, 1.807) is 7.11 Å². The van der Waals surface area contributed by atoms with Crippen LogP contribution in [0.5, 0.6) is 5.75 Å². The first-order chi connectivity index (χ1) is 5.77. The van der Waals surface area contributed by atoms with Gasteiger partial charge in [0.25, 0.3) is 0 Å². The lowest BCUT2D eigenvalue weighted by Crippen LogP contribution is -2.14. The van der Waals surface area contributed by atoms with Gasteiger partial charge in [-0.25, -0.2) is 0 Å². The smallest absolute Gasteiger partial charge is 0.119 e. The third-order valence-corrected chi connectivity index (χ3v) is 1.72. The maximum atomic E-state index is 8.79. The number of nitrogens with two attached hydrogens (primary N) is 1. The van der Waals surface area contributed by atoms with E-state index >= 15 is 0 Å². The second kappa shape index (κ2) is 4.09. The van der Waals surface area contributed by atoms with E-state index in [1.807, 2.05) is 24.3 Å². The molecule has 3 N–H and O–H groups in total. The van der Waals surface area contributed by atoms with E-state index in [4.69, 9.17) is 15.6 Å². The van der Waals surface area contributed by atoms with Crippen LogP contribution in [-0.2, 0) is 0 Å². The topological polar surface area (TPSA) is 55.5 Å². The van der Waals surface area contributed by atoms with Crippen LogP contribution in [0.4, 0.5) is 0 Å². The number of hydrogen-bond acceptors (Lipinski definition) is 3. The summed E-state index contributed by atoms with van der Waals surface area (Å²) in [7, 11) is 1.60. The fraction of sp³-hybridized carbons (Fsp3) is 0.333. The minimum Gasteiger partial charge on any atom is -0.497 e. The van der Waals surface area contributed by atoms with Crippen LogP contribution in [0.25, 0.3) is 0 Å². The highest BCUT2D eigenvalue weighted by Gasteiger charge is 2.03. The fourth-order valence-electron chi connectivity index (χ4n) is 0.978. The summed E-state index contributed by atoms with van der Waals surface area (Å²) in [6.45, 7) is -0.0484. The molecule has 0 saturated heterocycles. The Hall–Kier alpha value is -1.06. The van der Waals surface area contributed by atoms with Crippen LogP contribution in [0.1, 0.15) is 11.6 Å². The SMILES string of the molecule is COc1cccc([C@H](N)CO)c1. The molecule has 12 heavy (non-hydrogen) atoms. The van der Waals surface area contributed by atoms with Crippen molar-refractivity contribution in [2.45, 2.75) is 6.04 Å². The van der Waals surface area contributed by atoms with E-state index in [0.29, 0.717) is 0 Å². The molecule has 1 aromatic carbocycles. The zero-order valence-electron chi connectivity index (χ0n) is 7.03. The highest BCUT2D eigenvalue weighted by molar-refractivity contribution is 5.30. The molecule has 0 radical (unpaired) electrons. The third-order valence-electron chi connectivity index (χ3n) is 1.72. The van der Waals surface area contributed by atoms with E-state index in [2.05, 4.69) is 0 Å². The van der Waals surface area contributed by atoms with Gasteiger partial charge in [-0.3, -0.25) is 0 Å². The van der Waals surface area contributed by atoms with Crippen molar-refractivity contribution in [3.8, 4) is 5.75 Å². The molecule has 1 rings (SSSR count). The van der Waals surface area contributed by atoms with Gasteiger partial charge in [0.05, 0.1) is 19.8 Å². The molecule has 0 heterocycles. The Morgan fingerprint density at radius 1 is 1.58 bits per heavy atom. The molecular weight excluding hydrogens is 154 g/mol. The lowest BCUT2D eigenvalue weighted by molar-refractivity contribution is 0.267. The van der Waals surface area contributed by atoms with Gasteiger partial charge in [-0.2, -0.15) is 0 Å². The van der Waals surface area contributed by atoms with Crippen molar-refractivity contribution in [2.75, 3.05) is 13.7 Å². The standard InChI is InChI=1S/C9H13NO2/c1-12-8-4-2-3-7(5-8)9(10)6-11/h2-5,9,11H,6,10H2,1H3/t9-/m1/s1. The van der Waals surface area contributed by atoms with E-state index in [9.17, 15) is 0 Å². The molecule has 0 spiro atoms. The lowest BCUT2D eigenvalue weighted by Gasteiger charge is -2.09. The van der Waals surface area contributed by atoms with E-state index in [0.717, 1.165) is 11.3 Å². The van der Waals surface area contributed by atoms with Gasteiger partial charge < -0.3 is 15.6 Å². The lowest BCUT2D eigenvalue weighted by atomic mass is 10.1. The summed E-state index contributed by atoms with van der Waals surface area (Å²) in [4.78, 5) is 0. The summed E-state index contributed by atoms with van der Waals surface area (Å²) in [6, 6.07) is 7.06. The van der Waals surface area contributed by atoms with E-state index < -0.39 is 0 Å². The summed E-state index contributed by atoms with van der Waals surface area (Å²) in [6.07, 6.45) is 0. The molecule has 0 fully saturated rings. The zero-order valence-corrected chi connectivity index (χ0v) is 7.03. The van der Waals surface area contributed by atoms with Gasteiger partial charge in [0.2, 0.25) is 0 Å². The average Bonchev–Trinajstić information content (AvgIpc) is 2.17. The second-order valence-corrected chi connectivity index (χ2v) is 2.57. The molecule has 0 unspecified atom stereocenters. The zero-order chi connectivity index (χ0) is 8.97. The van der Waals surface area contributed by atoms with Gasteiger partial charge in [0.15, 0.2) is 0 Å². The number of aliphatic hydroxyl groups is 1. The first kappa shape index (κ1) is 9.03. The molecule has 0 aliphatic carbocycles.